The second-order valence-electron chi connectivity index (χ2n) is 7.44. The van der Waals surface area contributed by atoms with Gasteiger partial charge in [-0.05, 0) is 42.2 Å². The molecule has 27 heavy (non-hydrogen) atoms. The summed E-state index contributed by atoms with van der Waals surface area (Å²) in [7, 11) is 3.47. The van der Waals surface area contributed by atoms with E-state index >= 15 is 0 Å². The molecular weight excluding hydrogens is 345 g/mol. The van der Waals surface area contributed by atoms with Gasteiger partial charge in [0.2, 0.25) is 5.91 Å². The number of hydrogen-bond acceptors (Lipinski definition) is 3. The predicted molar refractivity (Wildman–Crippen MR) is 103 cm³/mol. The van der Waals surface area contributed by atoms with Crippen molar-refractivity contribution in [3.8, 4) is 0 Å². The number of amides is 1. The van der Waals surface area contributed by atoms with E-state index in [1.807, 2.05) is 12.1 Å². The highest BCUT2D eigenvalue weighted by Gasteiger charge is 2.21. The quantitative estimate of drug-likeness (QED) is 0.701. The van der Waals surface area contributed by atoms with Crippen LogP contribution in [0.3, 0.4) is 0 Å². The first-order valence-corrected chi connectivity index (χ1v) is 9.40. The molecule has 1 atom stereocenters. The van der Waals surface area contributed by atoms with Gasteiger partial charge in [-0.2, -0.15) is 0 Å². The number of halogens is 1. The molecule has 0 spiro atoms. The molecule has 3 rings (SSSR count). The van der Waals surface area contributed by atoms with Crippen LogP contribution in [0, 0.1) is 11.7 Å². The molecule has 2 heterocycles. The number of ether oxygens (including phenoxy) is 1. The fraction of sp³-hybridized carbons (Fsp3) is 0.476. The fourth-order valence-electron chi connectivity index (χ4n) is 3.46. The van der Waals surface area contributed by atoms with E-state index in [0.29, 0.717) is 12.5 Å². The highest BCUT2D eigenvalue weighted by Crippen LogP contribution is 2.21. The summed E-state index contributed by atoms with van der Waals surface area (Å²) in [5, 5.41) is 0. The lowest BCUT2D eigenvalue weighted by Gasteiger charge is -2.24. The first-order chi connectivity index (χ1) is 13.0. The predicted octanol–water partition coefficient (Wildman–Crippen LogP) is 2.75. The van der Waals surface area contributed by atoms with Crippen molar-refractivity contribution in [3.05, 3.63) is 59.7 Å². The summed E-state index contributed by atoms with van der Waals surface area (Å²) in [6, 6.07) is 11.0. The minimum atomic E-state index is -0.203. The van der Waals surface area contributed by atoms with E-state index in [9.17, 15) is 9.18 Å². The maximum atomic E-state index is 13.2. The minimum absolute atomic E-state index is 0.0125. The molecule has 0 saturated heterocycles. The van der Waals surface area contributed by atoms with Crippen LogP contribution in [0.5, 0.6) is 0 Å². The molecule has 1 aromatic carbocycles. The number of rotatable bonds is 7. The Balaban J connectivity index is 1.59. The smallest absolute Gasteiger partial charge is 0.248 e. The van der Waals surface area contributed by atoms with Gasteiger partial charge >= 0.3 is 0 Å². The molecule has 2 aromatic rings. The lowest BCUT2D eigenvalue weighted by Crippen LogP contribution is -2.29. The Kier molecular flexibility index (Phi) is 6.63. The van der Waals surface area contributed by atoms with Gasteiger partial charge in [0.1, 0.15) is 12.4 Å². The van der Waals surface area contributed by atoms with Crippen molar-refractivity contribution in [2.45, 2.75) is 26.1 Å². The van der Waals surface area contributed by atoms with E-state index < -0.39 is 0 Å². The molecule has 0 fully saturated rings. The first kappa shape index (κ1) is 19.6. The molecule has 0 aliphatic carbocycles. The third-order valence-corrected chi connectivity index (χ3v) is 4.99. The normalized spacial score (nSPS) is 17.4. The average Bonchev–Trinajstić information content (AvgIpc) is 2.99. The zero-order valence-electron chi connectivity index (χ0n) is 16.1. The van der Waals surface area contributed by atoms with Crippen LogP contribution in [0.15, 0.2) is 42.6 Å². The Bertz CT molecular complexity index is 742. The van der Waals surface area contributed by atoms with Crippen LogP contribution in [-0.2, 0) is 29.2 Å². The Morgan fingerprint density at radius 2 is 2.00 bits per heavy atom. The van der Waals surface area contributed by atoms with Crippen molar-refractivity contribution in [1.29, 1.82) is 0 Å². The van der Waals surface area contributed by atoms with E-state index in [-0.39, 0.29) is 18.3 Å². The molecular formula is C21H28FN3O2. The van der Waals surface area contributed by atoms with Crippen molar-refractivity contribution in [1.82, 2.24) is 14.4 Å². The van der Waals surface area contributed by atoms with Crippen LogP contribution < -0.4 is 0 Å². The van der Waals surface area contributed by atoms with Gasteiger partial charge in [0.15, 0.2) is 0 Å². The van der Waals surface area contributed by atoms with Gasteiger partial charge < -0.3 is 14.2 Å². The SMILES string of the molecule is CN(C)C(=O)COCC[C@H]1CN(Cc2ccc(F)cc2)Cc2cccn2C1. The lowest BCUT2D eigenvalue weighted by atomic mass is 10.1. The fourth-order valence-corrected chi connectivity index (χ4v) is 3.46. The van der Waals surface area contributed by atoms with Crippen LogP contribution in [0.2, 0.25) is 0 Å². The summed E-state index contributed by atoms with van der Waals surface area (Å²) >= 11 is 0. The Labute approximate surface area is 160 Å². The second-order valence-corrected chi connectivity index (χ2v) is 7.44. The van der Waals surface area contributed by atoms with Crippen molar-refractivity contribution in [2.24, 2.45) is 5.92 Å². The lowest BCUT2D eigenvalue weighted by molar-refractivity contribution is -0.133. The van der Waals surface area contributed by atoms with Crippen LogP contribution >= 0.6 is 0 Å². The van der Waals surface area contributed by atoms with E-state index in [2.05, 4.69) is 27.8 Å². The molecule has 0 unspecified atom stereocenters. The third-order valence-electron chi connectivity index (χ3n) is 4.99. The number of hydrogen-bond donors (Lipinski definition) is 0. The largest absolute Gasteiger partial charge is 0.372 e. The number of carbonyl (C=O) groups excluding carboxylic acids is 1. The molecule has 1 aromatic heterocycles. The monoisotopic (exact) mass is 373 g/mol. The summed E-state index contributed by atoms with van der Waals surface area (Å²) in [4.78, 5) is 15.6. The highest BCUT2D eigenvalue weighted by atomic mass is 19.1. The number of aromatic nitrogens is 1. The van der Waals surface area contributed by atoms with Gasteiger partial charge in [-0.15, -0.1) is 0 Å². The van der Waals surface area contributed by atoms with Crippen molar-refractivity contribution in [2.75, 3.05) is 33.9 Å². The van der Waals surface area contributed by atoms with Crippen molar-refractivity contribution in [3.63, 3.8) is 0 Å². The number of nitrogens with zero attached hydrogens (tertiary/aromatic N) is 3. The number of likely N-dealkylation sites (N-methyl/N-ethyl adjacent to an activating group) is 1. The van der Waals surface area contributed by atoms with Crippen LogP contribution in [0.1, 0.15) is 17.7 Å². The molecule has 1 amide bonds. The first-order valence-electron chi connectivity index (χ1n) is 9.40. The van der Waals surface area contributed by atoms with Gasteiger partial charge in [-0.3, -0.25) is 9.69 Å². The van der Waals surface area contributed by atoms with Crippen molar-refractivity contribution < 1.29 is 13.9 Å². The standard InChI is InChI=1S/C21H28FN3O2/c1-23(2)21(26)16-27-11-9-18-13-24(12-17-5-7-19(22)8-6-17)15-20-4-3-10-25(20)14-18/h3-8,10,18H,9,11-16H2,1-2H3/t18-/m0/s1. The molecule has 0 radical (unpaired) electrons. The Hall–Kier alpha value is -2.18. The molecule has 1 aliphatic heterocycles. The summed E-state index contributed by atoms with van der Waals surface area (Å²) in [6.45, 7) is 4.28. The van der Waals surface area contributed by atoms with Crippen LogP contribution in [0.4, 0.5) is 4.39 Å². The second kappa shape index (κ2) is 9.15. The van der Waals surface area contributed by atoms with E-state index in [1.54, 1.807) is 19.0 Å². The Morgan fingerprint density at radius 3 is 2.74 bits per heavy atom. The third kappa shape index (κ3) is 5.65. The van der Waals surface area contributed by atoms with Crippen LogP contribution in [-0.4, -0.2) is 54.1 Å². The maximum absolute atomic E-state index is 13.2. The van der Waals surface area contributed by atoms with Gasteiger partial charge in [-0.1, -0.05) is 12.1 Å². The highest BCUT2D eigenvalue weighted by molar-refractivity contribution is 5.76. The number of fused-ring (bicyclic) bond motifs is 1. The molecule has 5 nitrogen and oxygen atoms in total. The van der Waals surface area contributed by atoms with Gasteiger partial charge in [0, 0.05) is 58.8 Å². The topological polar surface area (TPSA) is 37.7 Å². The van der Waals surface area contributed by atoms with Gasteiger partial charge in [-0.25, -0.2) is 4.39 Å². The molecule has 6 heteroatoms. The molecule has 146 valence electrons. The minimum Gasteiger partial charge on any atom is -0.372 e. The number of benzene rings is 1. The average molecular weight is 373 g/mol. The zero-order valence-corrected chi connectivity index (χ0v) is 16.1. The molecule has 0 saturated carbocycles. The summed E-state index contributed by atoms with van der Waals surface area (Å²) in [5.74, 6) is 0.223. The van der Waals surface area contributed by atoms with E-state index in [4.69, 9.17) is 4.74 Å². The summed E-state index contributed by atoms with van der Waals surface area (Å²) < 4.78 is 21.1. The molecule has 0 N–H and O–H groups in total. The zero-order chi connectivity index (χ0) is 19.2. The van der Waals surface area contributed by atoms with Crippen molar-refractivity contribution >= 4 is 5.91 Å². The summed E-state index contributed by atoms with van der Waals surface area (Å²) in [5.41, 5.74) is 2.41. The van der Waals surface area contributed by atoms with E-state index in [1.165, 1.54) is 17.8 Å². The van der Waals surface area contributed by atoms with Gasteiger partial charge in [0.05, 0.1) is 0 Å². The molecule has 1 aliphatic rings. The summed E-state index contributed by atoms with van der Waals surface area (Å²) in [6.07, 6.45) is 3.03. The number of carbonyl (C=O) groups is 1. The van der Waals surface area contributed by atoms with Crippen LogP contribution in [0.25, 0.3) is 0 Å². The molecule has 0 bridgehead atoms. The van der Waals surface area contributed by atoms with Gasteiger partial charge in [0.25, 0.3) is 0 Å². The van der Waals surface area contributed by atoms with E-state index in [0.717, 1.165) is 38.2 Å². The maximum Gasteiger partial charge on any atom is 0.248 e. The Morgan fingerprint density at radius 1 is 1.22 bits per heavy atom.